The molecule has 0 radical (unpaired) electrons. The normalized spacial score (nSPS) is 19.1. The van der Waals surface area contributed by atoms with Gasteiger partial charge in [-0.1, -0.05) is 41.3 Å². The van der Waals surface area contributed by atoms with Gasteiger partial charge in [-0.3, -0.25) is 4.21 Å². The van der Waals surface area contributed by atoms with Gasteiger partial charge in [-0.15, -0.1) is 0 Å². The third kappa shape index (κ3) is 3.32. The van der Waals surface area contributed by atoms with Crippen LogP contribution in [-0.2, 0) is 16.6 Å². The fourth-order valence-electron chi connectivity index (χ4n) is 2.32. The molecule has 1 aliphatic rings. The predicted molar refractivity (Wildman–Crippen MR) is 77.3 cm³/mol. The molecule has 0 bridgehead atoms. The van der Waals surface area contributed by atoms with E-state index in [9.17, 15) is 4.21 Å². The second kappa shape index (κ2) is 6.01. The largest absolute Gasteiger partial charge is 0.398 e. The van der Waals surface area contributed by atoms with Crippen LogP contribution in [0.2, 0.25) is 0 Å². The van der Waals surface area contributed by atoms with Crippen LogP contribution in [-0.4, -0.2) is 9.46 Å². The molecule has 1 aliphatic carbocycles. The van der Waals surface area contributed by atoms with E-state index in [-0.39, 0.29) is 0 Å². The summed E-state index contributed by atoms with van der Waals surface area (Å²) in [5.74, 6) is 0.581. The molecule has 0 amide bonds. The Bertz CT molecular complexity index is 396. The van der Waals surface area contributed by atoms with E-state index in [2.05, 4.69) is 15.9 Å². The number of nitrogens with two attached hydrogens (primary N) is 1. The first-order valence-electron chi connectivity index (χ1n) is 6.08. The number of benzene rings is 1. The zero-order valence-corrected chi connectivity index (χ0v) is 12.2. The molecular formula is C13H18BrNOS. The van der Waals surface area contributed by atoms with Gasteiger partial charge in [0, 0.05) is 31.8 Å². The summed E-state index contributed by atoms with van der Waals surface area (Å²) in [6, 6.07) is 5.74. The second-order valence-electron chi connectivity index (χ2n) is 4.59. The number of anilines is 1. The first-order chi connectivity index (χ1) is 8.18. The van der Waals surface area contributed by atoms with Gasteiger partial charge >= 0.3 is 0 Å². The summed E-state index contributed by atoms with van der Waals surface area (Å²) in [6.07, 6.45) is 5.96. The Morgan fingerprint density at radius 1 is 1.29 bits per heavy atom. The van der Waals surface area contributed by atoms with Crippen molar-refractivity contribution in [1.29, 1.82) is 0 Å². The van der Waals surface area contributed by atoms with E-state index in [0.29, 0.717) is 11.0 Å². The molecule has 17 heavy (non-hydrogen) atoms. The van der Waals surface area contributed by atoms with E-state index in [0.717, 1.165) is 28.6 Å². The number of hydrogen-bond acceptors (Lipinski definition) is 2. The number of hydrogen-bond donors (Lipinski definition) is 1. The molecule has 1 aromatic rings. The molecule has 0 saturated heterocycles. The molecule has 1 fully saturated rings. The minimum absolute atomic E-state index is 0.371. The highest BCUT2D eigenvalue weighted by Gasteiger charge is 2.21. The van der Waals surface area contributed by atoms with E-state index in [4.69, 9.17) is 5.73 Å². The maximum Gasteiger partial charge on any atom is 0.0520 e. The topological polar surface area (TPSA) is 43.1 Å². The lowest BCUT2D eigenvalue weighted by Gasteiger charge is -2.21. The van der Waals surface area contributed by atoms with Crippen LogP contribution in [0.15, 0.2) is 22.7 Å². The van der Waals surface area contributed by atoms with Gasteiger partial charge in [0.05, 0.1) is 5.75 Å². The Morgan fingerprint density at radius 2 is 2.00 bits per heavy atom. The van der Waals surface area contributed by atoms with Crippen molar-refractivity contribution >= 4 is 32.4 Å². The number of nitrogen functional groups attached to an aromatic ring is 1. The van der Waals surface area contributed by atoms with Crippen molar-refractivity contribution in [2.24, 2.45) is 0 Å². The van der Waals surface area contributed by atoms with Crippen LogP contribution in [0.25, 0.3) is 0 Å². The SMILES string of the molecule is Nc1cccc(Br)c1CS(=O)C1CCCCC1. The molecule has 1 saturated carbocycles. The van der Waals surface area contributed by atoms with Crippen molar-refractivity contribution in [2.75, 3.05) is 5.73 Å². The molecule has 2 nitrogen and oxygen atoms in total. The minimum atomic E-state index is -0.788. The Hall–Kier alpha value is -0.350. The van der Waals surface area contributed by atoms with E-state index in [1.807, 2.05) is 18.2 Å². The zero-order valence-electron chi connectivity index (χ0n) is 9.82. The second-order valence-corrected chi connectivity index (χ2v) is 7.16. The van der Waals surface area contributed by atoms with Crippen molar-refractivity contribution in [3.63, 3.8) is 0 Å². The molecule has 1 aromatic carbocycles. The Morgan fingerprint density at radius 3 is 2.65 bits per heavy atom. The van der Waals surface area contributed by atoms with Gasteiger partial charge in [0.25, 0.3) is 0 Å². The molecule has 0 aliphatic heterocycles. The summed E-state index contributed by atoms with van der Waals surface area (Å²) >= 11 is 3.49. The molecular weight excluding hydrogens is 298 g/mol. The summed E-state index contributed by atoms with van der Waals surface area (Å²) < 4.78 is 13.3. The fraction of sp³-hybridized carbons (Fsp3) is 0.538. The van der Waals surface area contributed by atoms with Gasteiger partial charge in [-0.2, -0.15) is 0 Å². The van der Waals surface area contributed by atoms with E-state index >= 15 is 0 Å². The minimum Gasteiger partial charge on any atom is -0.398 e. The van der Waals surface area contributed by atoms with Crippen LogP contribution in [0, 0.1) is 0 Å². The zero-order chi connectivity index (χ0) is 12.3. The van der Waals surface area contributed by atoms with Crippen molar-refractivity contribution in [3.8, 4) is 0 Å². The average Bonchev–Trinajstić information content (AvgIpc) is 2.35. The van der Waals surface area contributed by atoms with E-state index in [1.165, 1.54) is 19.3 Å². The maximum absolute atomic E-state index is 12.3. The van der Waals surface area contributed by atoms with Crippen molar-refractivity contribution in [3.05, 3.63) is 28.2 Å². The van der Waals surface area contributed by atoms with E-state index < -0.39 is 10.8 Å². The summed E-state index contributed by atoms with van der Waals surface area (Å²) in [5.41, 5.74) is 7.67. The predicted octanol–water partition coefficient (Wildman–Crippen LogP) is 3.61. The van der Waals surface area contributed by atoms with Crippen LogP contribution in [0.4, 0.5) is 5.69 Å². The molecule has 0 spiro atoms. The molecule has 94 valence electrons. The van der Waals surface area contributed by atoms with Gasteiger partial charge in [-0.25, -0.2) is 0 Å². The van der Waals surface area contributed by atoms with Crippen molar-refractivity contribution in [1.82, 2.24) is 0 Å². The Kier molecular flexibility index (Phi) is 4.62. The first-order valence-corrected chi connectivity index (χ1v) is 8.26. The molecule has 0 heterocycles. The van der Waals surface area contributed by atoms with Gasteiger partial charge in [0.1, 0.15) is 0 Å². The molecule has 0 aromatic heterocycles. The standard InChI is InChI=1S/C13H18BrNOS/c14-12-7-4-8-13(15)11(12)9-17(16)10-5-2-1-3-6-10/h4,7-8,10H,1-3,5-6,9,15H2. The highest BCUT2D eigenvalue weighted by atomic mass is 79.9. The Labute approximate surface area is 114 Å². The van der Waals surface area contributed by atoms with E-state index in [1.54, 1.807) is 0 Å². The molecule has 2 rings (SSSR count). The molecule has 1 atom stereocenters. The summed E-state index contributed by atoms with van der Waals surface area (Å²) in [4.78, 5) is 0. The lowest BCUT2D eigenvalue weighted by Crippen LogP contribution is -2.20. The monoisotopic (exact) mass is 315 g/mol. The highest BCUT2D eigenvalue weighted by Crippen LogP contribution is 2.28. The lowest BCUT2D eigenvalue weighted by molar-refractivity contribution is 0.504. The summed E-state index contributed by atoms with van der Waals surface area (Å²) in [7, 11) is -0.788. The molecule has 4 heteroatoms. The van der Waals surface area contributed by atoms with Crippen LogP contribution in [0.3, 0.4) is 0 Å². The van der Waals surface area contributed by atoms with Gasteiger partial charge in [0.2, 0.25) is 0 Å². The summed E-state index contributed by atoms with van der Waals surface area (Å²) in [5, 5.41) is 0.371. The third-order valence-electron chi connectivity index (χ3n) is 3.37. The average molecular weight is 316 g/mol. The third-order valence-corrected chi connectivity index (χ3v) is 5.90. The smallest absolute Gasteiger partial charge is 0.0520 e. The van der Waals surface area contributed by atoms with Crippen LogP contribution >= 0.6 is 15.9 Å². The van der Waals surface area contributed by atoms with Crippen LogP contribution in [0.1, 0.15) is 37.7 Å². The molecule has 1 unspecified atom stereocenters. The Balaban J connectivity index is 2.07. The number of rotatable bonds is 3. The van der Waals surface area contributed by atoms with Crippen LogP contribution < -0.4 is 5.73 Å². The highest BCUT2D eigenvalue weighted by molar-refractivity contribution is 9.10. The van der Waals surface area contributed by atoms with Gasteiger partial charge in [-0.05, 0) is 25.0 Å². The van der Waals surface area contributed by atoms with Crippen molar-refractivity contribution in [2.45, 2.75) is 43.1 Å². The summed E-state index contributed by atoms with van der Waals surface area (Å²) in [6.45, 7) is 0. The van der Waals surface area contributed by atoms with Gasteiger partial charge < -0.3 is 5.73 Å². The number of halogens is 1. The first kappa shape index (κ1) is 13.1. The maximum atomic E-state index is 12.3. The molecule has 2 N–H and O–H groups in total. The van der Waals surface area contributed by atoms with Gasteiger partial charge in [0.15, 0.2) is 0 Å². The van der Waals surface area contributed by atoms with Crippen molar-refractivity contribution < 1.29 is 4.21 Å². The quantitative estimate of drug-likeness (QED) is 0.866. The van der Waals surface area contributed by atoms with Crippen LogP contribution in [0.5, 0.6) is 0 Å². The fourth-order valence-corrected chi connectivity index (χ4v) is 4.72. The lowest BCUT2D eigenvalue weighted by atomic mass is 10.0.